The Balaban J connectivity index is 2.19. The Labute approximate surface area is 133 Å². The molecule has 0 saturated carbocycles. The highest BCUT2D eigenvalue weighted by atomic mass is 79.9. The van der Waals surface area contributed by atoms with Gasteiger partial charge >= 0.3 is 0 Å². The lowest BCUT2D eigenvalue weighted by molar-refractivity contribution is 0.178. The summed E-state index contributed by atoms with van der Waals surface area (Å²) in [6.07, 6.45) is 0. The Morgan fingerprint density at radius 2 is 2.00 bits per heavy atom. The number of hydrogen-bond acceptors (Lipinski definition) is 5. The van der Waals surface area contributed by atoms with Crippen molar-refractivity contribution >= 4 is 27.6 Å². The molecule has 0 radical (unpaired) electrons. The summed E-state index contributed by atoms with van der Waals surface area (Å²) in [4.78, 5) is 8.80. The third-order valence-electron chi connectivity index (χ3n) is 3.02. The van der Waals surface area contributed by atoms with Crippen LogP contribution in [0, 0.1) is 0 Å². The summed E-state index contributed by atoms with van der Waals surface area (Å²) in [6, 6.07) is 10.2. The average Bonchev–Trinajstić information content (AvgIpc) is 2.47. The number of hydrogen-bond donors (Lipinski definition) is 2. The first-order valence-corrected chi connectivity index (χ1v) is 7.48. The lowest BCUT2D eigenvalue weighted by atomic mass is 10.1. The predicted octanol–water partition coefficient (Wildman–Crippen LogP) is 3.60. The monoisotopic (exact) mass is 350 g/mol. The Morgan fingerprint density at radius 1 is 1.24 bits per heavy atom. The molecule has 0 saturated heterocycles. The van der Waals surface area contributed by atoms with Gasteiger partial charge in [-0.25, -0.2) is 9.97 Å². The number of nitrogens with zero attached hydrogens (tertiary/aromatic N) is 2. The lowest BCUT2D eigenvalue weighted by Crippen LogP contribution is -2.11. The number of halogens is 1. The summed E-state index contributed by atoms with van der Waals surface area (Å²) in [5.41, 5.74) is 1.18. The van der Waals surface area contributed by atoms with Crippen LogP contribution in [-0.2, 0) is 11.3 Å². The van der Waals surface area contributed by atoms with Gasteiger partial charge in [0.1, 0.15) is 18.2 Å². The highest BCUT2D eigenvalue weighted by molar-refractivity contribution is 9.10. The number of ether oxygens (including phenoxy) is 1. The lowest BCUT2D eigenvalue weighted by Gasteiger charge is -2.16. The third kappa shape index (κ3) is 4.41. The second kappa shape index (κ2) is 7.38. The Kier molecular flexibility index (Phi) is 5.52. The molecule has 1 heterocycles. The fraction of sp³-hybridized carbons (Fsp3) is 0.333. The van der Waals surface area contributed by atoms with Crippen molar-refractivity contribution in [3.8, 4) is 0 Å². The molecule has 2 aromatic rings. The zero-order chi connectivity index (χ0) is 15.2. The van der Waals surface area contributed by atoms with Crippen LogP contribution in [0.3, 0.4) is 0 Å². The Morgan fingerprint density at radius 3 is 2.67 bits per heavy atom. The fourth-order valence-corrected chi connectivity index (χ4v) is 2.39. The van der Waals surface area contributed by atoms with E-state index in [1.807, 2.05) is 25.2 Å². The quantitative estimate of drug-likeness (QED) is 0.833. The van der Waals surface area contributed by atoms with Gasteiger partial charge in [-0.1, -0.05) is 28.1 Å². The molecule has 5 nitrogen and oxygen atoms in total. The molecule has 0 fully saturated rings. The number of methoxy groups -OCH3 is 1. The SMILES string of the molecule is CNc1cc(NC(C)c2cccc(Br)c2)nc(COC)n1. The summed E-state index contributed by atoms with van der Waals surface area (Å²) >= 11 is 3.49. The van der Waals surface area contributed by atoms with Crippen molar-refractivity contribution in [2.75, 3.05) is 24.8 Å². The first-order valence-electron chi connectivity index (χ1n) is 6.69. The minimum Gasteiger partial charge on any atom is -0.377 e. The molecule has 112 valence electrons. The molecule has 0 aliphatic heterocycles. The number of nitrogens with one attached hydrogen (secondary N) is 2. The van der Waals surface area contributed by atoms with Crippen LogP contribution < -0.4 is 10.6 Å². The van der Waals surface area contributed by atoms with Gasteiger partial charge in [0.25, 0.3) is 0 Å². The maximum absolute atomic E-state index is 5.10. The molecule has 0 aliphatic rings. The van der Waals surface area contributed by atoms with E-state index < -0.39 is 0 Å². The van der Waals surface area contributed by atoms with Crippen LogP contribution in [0.15, 0.2) is 34.8 Å². The topological polar surface area (TPSA) is 59.1 Å². The van der Waals surface area contributed by atoms with Gasteiger partial charge in [0.05, 0.1) is 0 Å². The molecular weight excluding hydrogens is 332 g/mol. The number of aromatic nitrogens is 2. The first-order chi connectivity index (χ1) is 10.1. The number of rotatable bonds is 6. The van der Waals surface area contributed by atoms with Crippen LogP contribution in [0.2, 0.25) is 0 Å². The standard InChI is InChI=1S/C15H19BrN4O/c1-10(11-5-4-6-12(16)7-11)18-14-8-13(17-2)19-15(20-14)9-21-3/h4-8,10H,9H2,1-3H3,(H2,17,18,19,20). The van der Waals surface area contributed by atoms with E-state index in [2.05, 4.69) is 55.6 Å². The maximum Gasteiger partial charge on any atom is 0.158 e. The first kappa shape index (κ1) is 15.7. The molecule has 2 rings (SSSR count). The molecule has 0 amide bonds. The van der Waals surface area contributed by atoms with Crippen molar-refractivity contribution in [1.82, 2.24) is 9.97 Å². The van der Waals surface area contributed by atoms with E-state index >= 15 is 0 Å². The van der Waals surface area contributed by atoms with Crippen LogP contribution in [0.1, 0.15) is 24.4 Å². The van der Waals surface area contributed by atoms with Gasteiger partial charge in [0, 0.05) is 30.7 Å². The van der Waals surface area contributed by atoms with Gasteiger partial charge in [0.15, 0.2) is 5.82 Å². The van der Waals surface area contributed by atoms with E-state index in [-0.39, 0.29) is 6.04 Å². The normalized spacial score (nSPS) is 12.0. The van der Waals surface area contributed by atoms with Crippen molar-refractivity contribution < 1.29 is 4.74 Å². The molecule has 1 aromatic heterocycles. The van der Waals surface area contributed by atoms with E-state index in [1.165, 1.54) is 5.56 Å². The van der Waals surface area contributed by atoms with Crippen molar-refractivity contribution in [1.29, 1.82) is 0 Å². The van der Waals surface area contributed by atoms with E-state index in [1.54, 1.807) is 7.11 Å². The summed E-state index contributed by atoms with van der Waals surface area (Å²) in [6.45, 7) is 2.48. The Bertz CT molecular complexity index is 606. The molecule has 6 heteroatoms. The minimum absolute atomic E-state index is 0.137. The number of benzene rings is 1. The van der Waals surface area contributed by atoms with Crippen molar-refractivity contribution in [2.24, 2.45) is 0 Å². The van der Waals surface area contributed by atoms with E-state index in [0.29, 0.717) is 12.4 Å². The largest absolute Gasteiger partial charge is 0.377 e. The smallest absolute Gasteiger partial charge is 0.158 e. The molecule has 2 N–H and O–H groups in total. The van der Waals surface area contributed by atoms with Crippen LogP contribution in [-0.4, -0.2) is 24.1 Å². The van der Waals surface area contributed by atoms with Crippen molar-refractivity contribution in [3.05, 3.63) is 46.2 Å². The summed E-state index contributed by atoms with van der Waals surface area (Å²) < 4.78 is 6.16. The van der Waals surface area contributed by atoms with Crippen molar-refractivity contribution in [2.45, 2.75) is 19.6 Å². The zero-order valence-corrected chi connectivity index (χ0v) is 13.9. The third-order valence-corrected chi connectivity index (χ3v) is 3.51. The highest BCUT2D eigenvalue weighted by Gasteiger charge is 2.09. The van der Waals surface area contributed by atoms with Crippen LogP contribution in [0.5, 0.6) is 0 Å². The van der Waals surface area contributed by atoms with Crippen molar-refractivity contribution in [3.63, 3.8) is 0 Å². The van der Waals surface area contributed by atoms with Gasteiger partial charge in [-0.3, -0.25) is 0 Å². The molecule has 1 aromatic carbocycles. The molecule has 1 atom stereocenters. The molecular formula is C15H19BrN4O. The average molecular weight is 351 g/mol. The predicted molar refractivity (Wildman–Crippen MR) is 88.5 cm³/mol. The van der Waals surface area contributed by atoms with Crippen LogP contribution in [0.4, 0.5) is 11.6 Å². The number of anilines is 2. The molecule has 0 bridgehead atoms. The van der Waals surface area contributed by atoms with Crippen LogP contribution >= 0.6 is 15.9 Å². The van der Waals surface area contributed by atoms with Gasteiger partial charge in [-0.05, 0) is 24.6 Å². The van der Waals surface area contributed by atoms with Gasteiger partial charge in [-0.15, -0.1) is 0 Å². The minimum atomic E-state index is 0.137. The highest BCUT2D eigenvalue weighted by Crippen LogP contribution is 2.22. The van der Waals surface area contributed by atoms with Gasteiger partial charge in [0.2, 0.25) is 0 Å². The summed E-state index contributed by atoms with van der Waals surface area (Å²) in [5, 5.41) is 6.43. The summed E-state index contributed by atoms with van der Waals surface area (Å²) in [5.74, 6) is 2.18. The van der Waals surface area contributed by atoms with E-state index in [0.717, 1.165) is 16.1 Å². The molecule has 0 spiro atoms. The summed E-state index contributed by atoms with van der Waals surface area (Å²) in [7, 11) is 3.47. The molecule has 0 aliphatic carbocycles. The van der Waals surface area contributed by atoms with E-state index in [9.17, 15) is 0 Å². The van der Waals surface area contributed by atoms with Gasteiger partial charge in [-0.2, -0.15) is 0 Å². The Hall–Kier alpha value is -1.66. The maximum atomic E-state index is 5.10. The second-order valence-electron chi connectivity index (χ2n) is 4.66. The zero-order valence-electron chi connectivity index (χ0n) is 12.4. The van der Waals surface area contributed by atoms with Gasteiger partial charge < -0.3 is 15.4 Å². The molecule has 21 heavy (non-hydrogen) atoms. The molecule has 1 unspecified atom stereocenters. The van der Waals surface area contributed by atoms with Crippen LogP contribution in [0.25, 0.3) is 0 Å². The van der Waals surface area contributed by atoms with E-state index in [4.69, 9.17) is 4.74 Å². The second-order valence-corrected chi connectivity index (χ2v) is 5.57. The fourth-order valence-electron chi connectivity index (χ4n) is 1.97.